The molecule has 2 heterocycles. The van der Waals surface area contributed by atoms with Gasteiger partial charge in [-0.3, -0.25) is 9.59 Å². The summed E-state index contributed by atoms with van der Waals surface area (Å²) < 4.78 is 12.4. The van der Waals surface area contributed by atoms with Crippen molar-refractivity contribution < 1.29 is 29.3 Å². The van der Waals surface area contributed by atoms with Crippen LogP contribution in [0.15, 0.2) is 11.1 Å². The van der Waals surface area contributed by atoms with Crippen molar-refractivity contribution in [1.29, 1.82) is 0 Å². The summed E-state index contributed by atoms with van der Waals surface area (Å²) >= 11 is 0. The minimum atomic E-state index is -0.902. The maximum atomic E-state index is 13.0. The van der Waals surface area contributed by atoms with Gasteiger partial charge in [0, 0.05) is 29.1 Å². The first kappa shape index (κ1) is 23.7. The summed E-state index contributed by atoms with van der Waals surface area (Å²) in [6, 6.07) is 0. The van der Waals surface area contributed by atoms with Gasteiger partial charge in [0.1, 0.15) is 12.2 Å². The molecular formula is C30H42O6. The third-order valence-corrected chi connectivity index (χ3v) is 12.9. The van der Waals surface area contributed by atoms with E-state index < -0.39 is 11.2 Å². The van der Waals surface area contributed by atoms with E-state index in [0.29, 0.717) is 18.8 Å². The van der Waals surface area contributed by atoms with Crippen molar-refractivity contribution in [2.24, 2.45) is 64.6 Å². The minimum absolute atomic E-state index is 0.0273. The summed E-state index contributed by atoms with van der Waals surface area (Å²) in [5.74, 6) is 0.421. The summed E-state index contributed by atoms with van der Waals surface area (Å²) in [5.41, 5.74) is 0.300. The molecular weight excluding hydrogens is 456 g/mol. The predicted molar refractivity (Wildman–Crippen MR) is 131 cm³/mol. The topological polar surface area (TPSA) is 93.1 Å². The lowest BCUT2D eigenvalue weighted by Gasteiger charge is -2.50. The Labute approximate surface area is 214 Å². The molecule has 0 aromatic heterocycles. The van der Waals surface area contributed by atoms with Crippen LogP contribution in [0.2, 0.25) is 0 Å². The van der Waals surface area contributed by atoms with Gasteiger partial charge in [-0.25, -0.2) is 0 Å². The normalized spacial score (nSPS) is 61.0. The standard InChI is InChI=1S/C30H42O6/c1-12-11-18-20-21(30(12)24(18)29(6,34)10-8-17-14(3)27(32)36-25(17)30)15(4)19-22(20)28(5,33)9-7-16-13(2)26(31)35-23(16)19/h12-14,16-18,20-25,33-34H,7-11H2,1-6H3/t12-,13+,14+,16+,17+,18-,20+,21+,22+,23+,24+,25+,28+,29+,30-/m1/s1. The zero-order chi connectivity index (χ0) is 25.7. The number of ether oxygens (including phenoxy) is 2. The van der Waals surface area contributed by atoms with Gasteiger partial charge in [-0.15, -0.1) is 0 Å². The summed E-state index contributed by atoms with van der Waals surface area (Å²) in [7, 11) is 0. The van der Waals surface area contributed by atoms with Crippen LogP contribution in [0, 0.1) is 64.6 Å². The van der Waals surface area contributed by atoms with Gasteiger partial charge in [-0.1, -0.05) is 26.3 Å². The van der Waals surface area contributed by atoms with Gasteiger partial charge < -0.3 is 19.7 Å². The number of allylic oxidation sites excluding steroid dienone is 1. The van der Waals surface area contributed by atoms with E-state index in [9.17, 15) is 19.8 Å². The van der Waals surface area contributed by atoms with Crippen LogP contribution in [0.25, 0.3) is 0 Å². The molecule has 0 aromatic rings. The first-order valence-electron chi connectivity index (χ1n) is 14.4. The van der Waals surface area contributed by atoms with Crippen LogP contribution in [-0.4, -0.2) is 45.6 Å². The second kappa shape index (κ2) is 6.97. The van der Waals surface area contributed by atoms with E-state index in [1.807, 2.05) is 27.7 Å². The average Bonchev–Trinajstić information content (AvgIpc) is 3.49. The van der Waals surface area contributed by atoms with Crippen molar-refractivity contribution in [3.63, 3.8) is 0 Å². The summed E-state index contributed by atoms with van der Waals surface area (Å²) in [6.07, 6.45) is 3.41. The largest absolute Gasteiger partial charge is 0.461 e. The van der Waals surface area contributed by atoms with Crippen LogP contribution in [0.5, 0.6) is 0 Å². The molecule has 0 aromatic carbocycles. The molecule has 0 unspecified atom stereocenters. The first-order chi connectivity index (χ1) is 16.8. The third-order valence-electron chi connectivity index (χ3n) is 12.9. The third kappa shape index (κ3) is 2.48. The highest BCUT2D eigenvalue weighted by Crippen LogP contribution is 2.80. The summed E-state index contributed by atoms with van der Waals surface area (Å²) in [5, 5.41) is 24.1. The zero-order valence-electron chi connectivity index (χ0n) is 22.5. The van der Waals surface area contributed by atoms with Gasteiger partial charge >= 0.3 is 11.9 Å². The van der Waals surface area contributed by atoms with E-state index in [1.165, 1.54) is 5.57 Å². The molecule has 0 amide bonds. The van der Waals surface area contributed by atoms with E-state index in [0.717, 1.165) is 24.8 Å². The number of fused-ring (bicyclic) bond motifs is 7. The maximum absolute atomic E-state index is 13.0. The molecule has 6 fully saturated rings. The number of rotatable bonds is 0. The van der Waals surface area contributed by atoms with Crippen LogP contribution in [-0.2, 0) is 19.1 Å². The first-order valence-corrected chi connectivity index (χ1v) is 14.4. The highest BCUT2D eigenvalue weighted by atomic mass is 16.6. The molecule has 2 saturated heterocycles. The molecule has 2 aliphatic heterocycles. The van der Waals surface area contributed by atoms with Gasteiger partial charge in [0.25, 0.3) is 0 Å². The lowest BCUT2D eigenvalue weighted by molar-refractivity contribution is -0.160. The fourth-order valence-electron chi connectivity index (χ4n) is 11.7. The molecule has 0 radical (unpaired) electrons. The fourth-order valence-corrected chi connectivity index (χ4v) is 11.7. The van der Waals surface area contributed by atoms with Crippen LogP contribution in [0.1, 0.15) is 73.6 Å². The van der Waals surface area contributed by atoms with Crippen LogP contribution >= 0.6 is 0 Å². The van der Waals surface area contributed by atoms with Gasteiger partial charge in [0.05, 0.1) is 23.0 Å². The van der Waals surface area contributed by atoms with Gasteiger partial charge in [0.2, 0.25) is 0 Å². The van der Waals surface area contributed by atoms with Crippen LogP contribution < -0.4 is 0 Å². The Balaban J connectivity index is 1.46. The molecule has 6 nitrogen and oxygen atoms in total. The monoisotopic (exact) mass is 498 g/mol. The van der Waals surface area contributed by atoms with E-state index >= 15 is 0 Å². The molecule has 7 rings (SSSR count). The van der Waals surface area contributed by atoms with Crippen molar-refractivity contribution >= 4 is 11.9 Å². The lowest BCUT2D eigenvalue weighted by atomic mass is 9.56. The number of carbonyl (C=O) groups excluding carboxylic acids is 2. The molecule has 2 N–H and O–H groups in total. The molecule has 5 aliphatic carbocycles. The highest BCUT2D eigenvalue weighted by molar-refractivity contribution is 5.76. The van der Waals surface area contributed by atoms with E-state index in [2.05, 4.69) is 13.8 Å². The zero-order valence-corrected chi connectivity index (χ0v) is 22.5. The number of carbonyl (C=O) groups is 2. The minimum Gasteiger partial charge on any atom is -0.461 e. The number of hydrogen-bond acceptors (Lipinski definition) is 6. The van der Waals surface area contributed by atoms with Gasteiger partial charge in [0.15, 0.2) is 0 Å². The van der Waals surface area contributed by atoms with Crippen LogP contribution in [0.4, 0.5) is 0 Å². The highest BCUT2D eigenvalue weighted by Gasteiger charge is 2.80. The lowest BCUT2D eigenvalue weighted by Crippen LogP contribution is -2.53. The Kier molecular flexibility index (Phi) is 4.59. The number of hydrogen-bond donors (Lipinski definition) is 2. The second-order valence-electron chi connectivity index (χ2n) is 14.4. The summed E-state index contributed by atoms with van der Waals surface area (Å²) in [4.78, 5) is 25.7. The smallest absolute Gasteiger partial charge is 0.309 e. The van der Waals surface area contributed by atoms with E-state index in [-0.39, 0.29) is 82.8 Å². The fraction of sp³-hybridized carbons (Fsp3) is 0.867. The van der Waals surface area contributed by atoms with Crippen LogP contribution in [0.3, 0.4) is 0 Å². The molecule has 15 atom stereocenters. The second-order valence-corrected chi connectivity index (χ2v) is 14.4. The van der Waals surface area contributed by atoms with Gasteiger partial charge in [-0.05, 0) is 82.1 Å². The molecule has 7 aliphatic rings. The quantitative estimate of drug-likeness (QED) is 0.389. The molecule has 6 heteroatoms. The van der Waals surface area contributed by atoms with E-state index in [4.69, 9.17) is 9.47 Å². The SMILES string of the molecule is CC1=C2[C@H]3OC(=O)[C@@H](C)[C@@H]3CC[C@](C)(O)[C@@H]2[C@H]2[C@H]3C[C@@H](C)[C@]4([C@@H]3[C@@](C)(O)CC[C@H]3[C@H](C)C(=O)O[C@@H]34)[C@@H]12. The predicted octanol–water partition coefficient (Wildman–Crippen LogP) is 3.88. The molecule has 0 spiro atoms. The molecule has 2 bridgehead atoms. The summed E-state index contributed by atoms with van der Waals surface area (Å²) in [6.45, 7) is 12.5. The van der Waals surface area contributed by atoms with Crippen molar-refractivity contribution in [3.8, 4) is 0 Å². The van der Waals surface area contributed by atoms with E-state index in [1.54, 1.807) is 0 Å². The van der Waals surface area contributed by atoms with Crippen molar-refractivity contribution in [2.75, 3.05) is 0 Å². The molecule has 36 heavy (non-hydrogen) atoms. The molecule has 4 saturated carbocycles. The Morgan fingerprint density at radius 1 is 0.833 bits per heavy atom. The number of esters is 2. The Morgan fingerprint density at radius 3 is 2.17 bits per heavy atom. The average molecular weight is 499 g/mol. The van der Waals surface area contributed by atoms with Crippen molar-refractivity contribution in [1.82, 2.24) is 0 Å². The Bertz CT molecular complexity index is 1070. The Hall–Kier alpha value is -1.40. The maximum Gasteiger partial charge on any atom is 0.309 e. The molecule has 198 valence electrons. The van der Waals surface area contributed by atoms with Gasteiger partial charge in [-0.2, -0.15) is 0 Å². The Morgan fingerprint density at radius 2 is 1.44 bits per heavy atom. The number of aliphatic hydroxyl groups is 2. The van der Waals surface area contributed by atoms with Crippen molar-refractivity contribution in [2.45, 2.75) is 97.1 Å². The van der Waals surface area contributed by atoms with Crippen molar-refractivity contribution in [3.05, 3.63) is 11.1 Å².